The van der Waals surface area contributed by atoms with E-state index in [9.17, 15) is 0 Å². The van der Waals surface area contributed by atoms with Crippen LogP contribution >= 0.6 is 0 Å². The lowest BCUT2D eigenvalue weighted by atomic mass is 9.82. The third kappa shape index (κ3) is 1.29. The van der Waals surface area contributed by atoms with Crippen molar-refractivity contribution in [2.45, 2.75) is 32.6 Å². The van der Waals surface area contributed by atoms with E-state index >= 15 is 0 Å². The van der Waals surface area contributed by atoms with Crippen molar-refractivity contribution in [3.05, 3.63) is 24.0 Å². The van der Waals surface area contributed by atoms with Gasteiger partial charge in [0.25, 0.3) is 0 Å². The van der Waals surface area contributed by atoms with Crippen LogP contribution in [0, 0.1) is 0 Å². The molecule has 0 radical (unpaired) electrons. The molecule has 2 rings (SSSR count). The first-order valence-electron chi connectivity index (χ1n) is 4.94. The first kappa shape index (κ1) is 9.19. The molecular weight excluding hydrogens is 174 g/mol. The van der Waals surface area contributed by atoms with E-state index in [0.717, 1.165) is 12.1 Å². The quantitative estimate of drug-likeness (QED) is 0.793. The van der Waals surface area contributed by atoms with Gasteiger partial charge in [0.2, 0.25) is 0 Å². The Hall–Kier alpha value is -1.38. The standard InChI is InChI=1S/C11H15N3.H2/c1-4-11(2,3)9-7-13-14-10-8(9)5-6-12-10;/h5-7H,4H2,1-3H3,(H,12,14);1H. The van der Waals surface area contributed by atoms with Gasteiger partial charge in [0.15, 0.2) is 5.65 Å². The predicted molar refractivity (Wildman–Crippen MR) is 59.3 cm³/mol. The maximum absolute atomic E-state index is 4.04. The lowest BCUT2D eigenvalue weighted by Crippen LogP contribution is -2.16. The molecule has 0 saturated heterocycles. The lowest BCUT2D eigenvalue weighted by Gasteiger charge is -2.23. The van der Waals surface area contributed by atoms with Crippen LogP contribution in [0.4, 0.5) is 0 Å². The van der Waals surface area contributed by atoms with E-state index in [4.69, 9.17) is 0 Å². The summed E-state index contributed by atoms with van der Waals surface area (Å²) in [5, 5.41) is 9.25. The van der Waals surface area contributed by atoms with Crippen molar-refractivity contribution in [3.8, 4) is 0 Å². The largest absolute Gasteiger partial charge is 0.345 e. The van der Waals surface area contributed by atoms with Crippen LogP contribution in [-0.2, 0) is 5.41 Å². The number of rotatable bonds is 2. The fraction of sp³-hybridized carbons (Fsp3) is 0.455. The Labute approximate surface area is 85.0 Å². The highest BCUT2D eigenvalue weighted by molar-refractivity contribution is 5.79. The Bertz CT molecular complexity index is 448. The third-order valence-corrected chi connectivity index (χ3v) is 2.97. The fourth-order valence-electron chi connectivity index (χ4n) is 1.60. The SMILES string of the molecule is CCC(C)(C)c1cnnc2[nH]ccc12.[HH]. The summed E-state index contributed by atoms with van der Waals surface area (Å²) in [5.74, 6) is 0. The molecule has 0 saturated carbocycles. The number of aromatic nitrogens is 3. The smallest absolute Gasteiger partial charge is 0.160 e. The number of fused-ring (bicyclic) bond motifs is 1. The molecule has 0 bridgehead atoms. The maximum Gasteiger partial charge on any atom is 0.160 e. The molecule has 0 atom stereocenters. The van der Waals surface area contributed by atoms with E-state index in [1.54, 1.807) is 0 Å². The molecule has 0 spiro atoms. The fourth-order valence-corrected chi connectivity index (χ4v) is 1.60. The van der Waals surface area contributed by atoms with Crippen LogP contribution in [0.3, 0.4) is 0 Å². The van der Waals surface area contributed by atoms with Crippen molar-refractivity contribution in [1.82, 2.24) is 15.2 Å². The minimum Gasteiger partial charge on any atom is -0.345 e. The second-order valence-corrected chi connectivity index (χ2v) is 4.24. The average Bonchev–Trinajstić information content (AvgIpc) is 2.64. The second kappa shape index (κ2) is 3.08. The number of hydrogen-bond donors (Lipinski definition) is 1. The molecule has 2 aromatic rings. The van der Waals surface area contributed by atoms with Crippen molar-refractivity contribution in [1.29, 1.82) is 0 Å². The zero-order valence-electron chi connectivity index (χ0n) is 8.83. The average molecular weight is 191 g/mol. The number of H-pyrrole nitrogens is 1. The topological polar surface area (TPSA) is 41.6 Å². The summed E-state index contributed by atoms with van der Waals surface area (Å²) < 4.78 is 0. The van der Waals surface area contributed by atoms with Crippen molar-refractivity contribution < 1.29 is 1.43 Å². The molecule has 0 amide bonds. The molecule has 3 nitrogen and oxygen atoms in total. The first-order chi connectivity index (χ1) is 6.65. The molecule has 0 aromatic carbocycles. The molecule has 14 heavy (non-hydrogen) atoms. The van der Waals surface area contributed by atoms with Gasteiger partial charge in [0.05, 0.1) is 6.20 Å². The Morgan fingerprint density at radius 3 is 3.00 bits per heavy atom. The number of nitrogens with zero attached hydrogens (tertiary/aromatic N) is 2. The highest BCUT2D eigenvalue weighted by Gasteiger charge is 2.21. The normalized spacial score (nSPS) is 12.2. The van der Waals surface area contributed by atoms with Crippen molar-refractivity contribution in [3.63, 3.8) is 0 Å². The summed E-state index contributed by atoms with van der Waals surface area (Å²) in [6.45, 7) is 6.66. The van der Waals surface area contributed by atoms with Crippen LogP contribution in [0.2, 0.25) is 0 Å². The molecular formula is C11H17N3. The first-order valence-corrected chi connectivity index (χ1v) is 4.94. The maximum atomic E-state index is 4.04. The predicted octanol–water partition coefficient (Wildman–Crippen LogP) is 2.89. The van der Waals surface area contributed by atoms with Gasteiger partial charge < -0.3 is 4.98 Å². The second-order valence-electron chi connectivity index (χ2n) is 4.24. The van der Waals surface area contributed by atoms with E-state index in [0.29, 0.717) is 0 Å². The number of aromatic amines is 1. The van der Waals surface area contributed by atoms with Gasteiger partial charge in [-0.25, -0.2) is 0 Å². The van der Waals surface area contributed by atoms with Crippen molar-refractivity contribution >= 4 is 11.0 Å². The van der Waals surface area contributed by atoms with Crippen molar-refractivity contribution in [2.24, 2.45) is 0 Å². The minimum absolute atomic E-state index is 0. The lowest BCUT2D eigenvalue weighted by molar-refractivity contribution is 0.508. The molecule has 76 valence electrons. The van der Waals surface area contributed by atoms with E-state index in [1.165, 1.54) is 10.9 Å². The van der Waals surface area contributed by atoms with Crippen LogP contribution < -0.4 is 0 Å². The van der Waals surface area contributed by atoms with E-state index in [2.05, 4.69) is 42.0 Å². The zero-order valence-corrected chi connectivity index (χ0v) is 8.83. The minimum atomic E-state index is 0. The van der Waals surface area contributed by atoms with Crippen LogP contribution in [-0.4, -0.2) is 15.2 Å². The van der Waals surface area contributed by atoms with Crippen LogP contribution in [0.15, 0.2) is 18.5 Å². The monoisotopic (exact) mass is 191 g/mol. The highest BCUT2D eigenvalue weighted by Crippen LogP contribution is 2.30. The summed E-state index contributed by atoms with van der Waals surface area (Å²) in [4.78, 5) is 3.08. The number of nitrogens with one attached hydrogen (secondary N) is 1. The Morgan fingerprint density at radius 2 is 2.29 bits per heavy atom. The van der Waals surface area contributed by atoms with Crippen LogP contribution in [0.1, 0.15) is 34.2 Å². The summed E-state index contributed by atoms with van der Waals surface area (Å²) in [7, 11) is 0. The summed E-state index contributed by atoms with van der Waals surface area (Å²) in [6.07, 6.45) is 4.88. The molecule has 0 unspecified atom stereocenters. The molecule has 2 heterocycles. The molecule has 3 heteroatoms. The van der Waals surface area contributed by atoms with E-state index < -0.39 is 0 Å². The van der Waals surface area contributed by atoms with Gasteiger partial charge in [0, 0.05) is 13.0 Å². The molecule has 2 aromatic heterocycles. The molecule has 0 aliphatic rings. The van der Waals surface area contributed by atoms with Gasteiger partial charge in [0.1, 0.15) is 0 Å². The zero-order chi connectivity index (χ0) is 10.2. The van der Waals surface area contributed by atoms with Gasteiger partial charge >= 0.3 is 0 Å². The molecule has 0 aliphatic carbocycles. The van der Waals surface area contributed by atoms with Gasteiger partial charge in [-0.15, -0.1) is 5.10 Å². The van der Waals surface area contributed by atoms with Crippen LogP contribution in [0.5, 0.6) is 0 Å². The summed E-state index contributed by atoms with van der Waals surface area (Å²) >= 11 is 0. The Morgan fingerprint density at radius 1 is 1.50 bits per heavy atom. The van der Waals surface area contributed by atoms with E-state index in [1.807, 2.05) is 12.4 Å². The van der Waals surface area contributed by atoms with E-state index in [-0.39, 0.29) is 6.84 Å². The van der Waals surface area contributed by atoms with Gasteiger partial charge in [-0.3, -0.25) is 0 Å². The Balaban J connectivity index is 0.00000112. The molecule has 0 fully saturated rings. The molecule has 1 N–H and O–H groups in total. The van der Waals surface area contributed by atoms with Crippen molar-refractivity contribution in [2.75, 3.05) is 0 Å². The Kier molecular flexibility index (Phi) is 2.02. The van der Waals surface area contributed by atoms with Gasteiger partial charge in [-0.2, -0.15) is 5.10 Å². The van der Waals surface area contributed by atoms with Gasteiger partial charge in [-0.1, -0.05) is 20.8 Å². The van der Waals surface area contributed by atoms with Crippen LogP contribution in [0.25, 0.3) is 11.0 Å². The van der Waals surface area contributed by atoms with Gasteiger partial charge in [-0.05, 0) is 23.5 Å². The third-order valence-electron chi connectivity index (χ3n) is 2.97. The highest BCUT2D eigenvalue weighted by atomic mass is 15.1. The summed E-state index contributed by atoms with van der Waals surface area (Å²) in [6, 6.07) is 2.07. The summed E-state index contributed by atoms with van der Waals surface area (Å²) in [5.41, 5.74) is 2.31. The molecule has 0 aliphatic heterocycles. The number of hydrogen-bond acceptors (Lipinski definition) is 2.